The zero-order valence-electron chi connectivity index (χ0n) is 6.99. The van der Waals surface area contributed by atoms with Gasteiger partial charge in [0, 0.05) is 6.42 Å². The normalized spacial score (nSPS) is 22.0. The minimum atomic E-state index is -0.515. The van der Waals surface area contributed by atoms with Crippen LogP contribution in [-0.4, -0.2) is 25.5 Å². The predicted octanol–water partition coefficient (Wildman–Crippen LogP) is 0.421. The summed E-state index contributed by atoms with van der Waals surface area (Å²) in [7, 11) is 1.30. The summed E-state index contributed by atoms with van der Waals surface area (Å²) in [6.07, 6.45) is 0.487. The van der Waals surface area contributed by atoms with Crippen LogP contribution in [0, 0.1) is 0 Å². The molecule has 66 valence electrons. The fraction of sp³-hybridized carbons (Fsp3) is 0.500. The molecule has 0 aliphatic carbocycles. The molecule has 4 nitrogen and oxygen atoms in total. The molecule has 0 radical (unpaired) electrons. The molecule has 0 amide bonds. The number of carbonyl (C=O) groups is 2. The van der Waals surface area contributed by atoms with Gasteiger partial charge in [0.2, 0.25) is 0 Å². The van der Waals surface area contributed by atoms with Crippen LogP contribution in [0.15, 0.2) is 11.3 Å². The fourth-order valence-electron chi connectivity index (χ4n) is 1.11. The highest BCUT2D eigenvalue weighted by Gasteiger charge is 2.27. The van der Waals surface area contributed by atoms with E-state index in [0.717, 1.165) is 0 Å². The maximum atomic E-state index is 11.0. The van der Waals surface area contributed by atoms with Crippen LogP contribution in [0.3, 0.4) is 0 Å². The Morgan fingerprint density at radius 2 is 2.42 bits per heavy atom. The van der Waals surface area contributed by atoms with Crippen LogP contribution >= 0.6 is 0 Å². The van der Waals surface area contributed by atoms with Gasteiger partial charge in [0.05, 0.1) is 12.7 Å². The molecule has 4 heteroatoms. The third-order valence-electron chi connectivity index (χ3n) is 1.74. The van der Waals surface area contributed by atoms with E-state index in [2.05, 4.69) is 4.74 Å². The molecule has 0 bridgehead atoms. The molecule has 1 aliphatic heterocycles. The molecule has 1 aliphatic rings. The van der Waals surface area contributed by atoms with E-state index < -0.39 is 12.1 Å². The van der Waals surface area contributed by atoms with Gasteiger partial charge >= 0.3 is 5.97 Å². The van der Waals surface area contributed by atoms with E-state index in [1.54, 1.807) is 6.92 Å². The van der Waals surface area contributed by atoms with E-state index >= 15 is 0 Å². The van der Waals surface area contributed by atoms with E-state index in [1.165, 1.54) is 7.11 Å². The third-order valence-corrected chi connectivity index (χ3v) is 1.74. The van der Waals surface area contributed by atoms with Crippen molar-refractivity contribution in [1.29, 1.82) is 0 Å². The van der Waals surface area contributed by atoms with E-state index in [9.17, 15) is 9.59 Å². The Morgan fingerprint density at radius 3 is 2.83 bits per heavy atom. The smallest absolute Gasteiger partial charge is 0.337 e. The maximum Gasteiger partial charge on any atom is 0.337 e. The van der Waals surface area contributed by atoms with Crippen molar-refractivity contribution in [2.24, 2.45) is 0 Å². The van der Waals surface area contributed by atoms with E-state index in [0.29, 0.717) is 24.0 Å². The van der Waals surface area contributed by atoms with Gasteiger partial charge in [-0.1, -0.05) is 0 Å². The minimum absolute atomic E-state index is 0.321. The van der Waals surface area contributed by atoms with Crippen molar-refractivity contribution >= 4 is 12.3 Å². The van der Waals surface area contributed by atoms with Gasteiger partial charge in [-0.2, -0.15) is 0 Å². The Morgan fingerprint density at radius 1 is 1.75 bits per heavy atom. The summed E-state index contributed by atoms with van der Waals surface area (Å²) >= 11 is 0. The van der Waals surface area contributed by atoms with Gasteiger partial charge in [-0.05, 0) is 6.92 Å². The average molecular weight is 170 g/mol. The predicted molar refractivity (Wildman–Crippen MR) is 40.3 cm³/mol. The van der Waals surface area contributed by atoms with Crippen molar-refractivity contribution in [3.05, 3.63) is 11.3 Å². The lowest BCUT2D eigenvalue weighted by atomic mass is 10.1. The second kappa shape index (κ2) is 3.38. The van der Waals surface area contributed by atoms with Gasteiger partial charge in [-0.25, -0.2) is 4.79 Å². The molecule has 0 saturated heterocycles. The molecule has 1 heterocycles. The summed E-state index contributed by atoms with van der Waals surface area (Å²) in [5.74, 6) is 0.0656. The van der Waals surface area contributed by atoms with Gasteiger partial charge in [-0.15, -0.1) is 0 Å². The van der Waals surface area contributed by atoms with Crippen LogP contribution in [0.4, 0.5) is 0 Å². The maximum absolute atomic E-state index is 11.0. The van der Waals surface area contributed by atoms with Crippen molar-refractivity contribution in [3.8, 4) is 0 Å². The quantitative estimate of drug-likeness (QED) is 0.445. The molecule has 1 rings (SSSR count). The lowest BCUT2D eigenvalue weighted by Gasteiger charge is -2.00. The Kier molecular flexibility index (Phi) is 2.47. The van der Waals surface area contributed by atoms with Gasteiger partial charge in [-0.3, -0.25) is 4.79 Å². The first-order valence-corrected chi connectivity index (χ1v) is 3.59. The summed E-state index contributed by atoms with van der Waals surface area (Å²) in [6, 6.07) is 0. The first-order valence-electron chi connectivity index (χ1n) is 3.59. The molecule has 0 aromatic rings. The monoisotopic (exact) mass is 170 g/mol. The van der Waals surface area contributed by atoms with Crippen LogP contribution in [0.5, 0.6) is 0 Å². The van der Waals surface area contributed by atoms with Gasteiger partial charge < -0.3 is 9.47 Å². The summed E-state index contributed by atoms with van der Waals surface area (Å²) in [6.45, 7) is 1.65. The molecule has 0 N–H and O–H groups in total. The first kappa shape index (κ1) is 8.77. The molecule has 1 atom stereocenters. The molecule has 0 spiro atoms. The number of carbonyl (C=O) groups excluding carboxylic acids is 2. The molecule has 0 saturated carbocycles. The van der Waals surface area contributed by atoms with E-state index in [1.807, 2.05) is 0 Å². The molecule has 1 unspecified atom stereocenters. The van der Waals surface area contributed by atoms with Crippen LogP contribution in [0.25, 0.3) is 0 Å². The number of ether oxygens (including phenoxy) is 2. The Bertz CT molecular complexity index is 241. The topological polar surface area (TPSA) is 52.6 Å². The summed E-state index contributed by atoms with van der Waals surface area (Å²) in [4.78, 5) is 21.3. The zero-order valence-corrected chi connectivity index (χ0v) is 6.99. The molecular formula is C8H10O4. The molecule has 0 aromatic heterocycles. The minimum Gasteiger partial charge on any atom is -0.487 e. The van der Waals surface area contributed by atoms with Gasteiger partial charge in [0.15, 0.2) is 12.4 Å². The molecule has 12 heavy (non-hydrogen) atoms. The van der Waals surface area contributed by atoms with E-state index in [-0.39, 0.29) is 0 Å². The van der Waals surface area contributed by atoms with Crippen LogP contribution in [0.1, 0.15) is 13.3 Å². The lowest BCUT2D eigenvalue weighted by Crippen LogP contribution is -2.09. The Balaban J connectivity index is 2.72. The highest BCUT2D eigenvalue weighted by atomic mass is 16.5. The Labute approximate surface area is 70.1 Å². The number of aldehydes is 1. The zero-order chi connectivity index (χ0) is 9.14. The number of hydrogen-bond donors (Lipinski definition) is 0. The van der Waals surface area contributed by atoms with Crippen molar-refractivity contribution in [1.82, 2.24) is 0 Å². The lowest BCUT2D eigenvalue weighted by molar-refractivity contribution is -0.136. The van der Waals surface area contributed by atoms with Gasteiger partial charge in [0.25, 0.3) is 0 Å². The summed E-state index contributed by atoms with van der Waals surface area (Å²) < 4.78 is 9.56. The number of esters is 1. The molecule has 0 fully saturated rings. The highest BCUT2D eigenvalue weighted by Crippen LogP contribution is 2.24. The van der Waals surface area contributed by atoms with Crippen molar-refractivity contribution < 1.29 is 19.1 Å². The van der Waals surface area contributed by atoms with Crippen molar-refractivity contribution in [2.75, 3.05) is 7.11 Å². The van der Waals surface area contributed by atoms with Gasteiger partial charge in [0.1, 0.15) is 5.76 Å². The fourth-order valence-corrected chi connectivity index (χ4v) is 1.11. The molecular weight excluding hydrogens is 160 g/mol. The SMILES string of the molecule is COC(=O)C1=C(C)OC(C=O)C1. The number of hydrogen-bond acceptors (Lipinski definition) is 4. The van der Waals surface area contributed by atoms with Crippen molar-refractivity contribution in [3.63, 3.8) is 0 Å². The average Bonchev–Trinajstić information content (AvgIpc) is 2.45. The second-order valence-corrected chi connectivity index (χ2v) is 2.52. The molecule has 0 aromatic carbocycles. The third kappa shape index (κ3) is 1.47. The summed E-state index contributed by atoms with van der Waals surface area (Å²) in [5.41, 5.74) is 0.453. The Hall–Kier alpha value is -1.32. The highest BCUT2D eigenvalue weighted by molar-refractivity contribution is 5.90. The van der Waals surface area contributed by atoms with Crippen LogP contribution < -0.4 is 0 Å². The van der Waals surface area contributed by atoms with E-state index in [4.69, 9.17) is 4.74 Å². The number of rotatable bonds is 2. The number of methoxy groups -OCH3 is 1. The summed E-state index contributed by atoms with van der Waals surface area (Å²) in [5, 5.41) is 0. The van der Waals surface area contributed by atoms with Crippen LogP contribution in [-0.2, 0) is 19.1 Å². The van der Waals surface area contributed by atoms with Crippen molar-refractivity contribution in [2.45, 2.75) is 19.4 Å². The van der Waals surface area contributed by atoms with Crippen LogP contribution in [0.2, 0.25) is 0 Å². The second-order valence-electron chi connectivity index (χ2n) is 2.52. The standard InChI is InChI=1S/C8H10O4/c1-5-7(8(10)11-2)3-6(4-9)12-5/h4,6H,3H2,1-2H3. The number of allylic oxidation sites excluding steroid dienone is 1. The largest absolute Gasteiger partial charge is 0.487 e. The first-order chi connectivity index (χ1) is 5.69.